The predicted octanol–water partition coefficient (Wildman–Crippen LogP) is 2.73. The van der Waals surface area contributed by atoms with Crippen molar-refractivity contribution in [3.63, 3.8) is 0 Å². The molecule has 1 atom stereocenters. The minimum atomic E-state index is -1.02. The lowest BCUT2D eigenvalue weighted by Gasteiger charge is -2.18. The van der Waals surface area contributed by atoms with E-state index in [1.165, 1.54) is 0 Å². The molecule has 2 aromatic rings. The number of benzene rings is 2. The van der Waals surface area contributed by atoms with Crippen LogP contribution in [0.2, 0.25) is 0 Å². The van der Waals surface area contributed by atoms with Crippen LogP contribution in [0.5, 0.6) is 0 Å². The second-order valence-corrected chi connectivity index (χ2v) is 6.58. The monoisotopic (exact) mass is 418 g/mol. The minimum absolute atomic E-state index is 0.0121. The Balaban J connectivity index is 2.01. The number of nitrogens with one attached hydrogen (secondary N) is 2. The van der Waals surface area contributed by atoms with E-state index >= 15 is 0 Å². The molecule has 0 radical (unpaired) electrons. The molecule has 2 amide bonds. The summed E-state index contributed by atoms with van der Waals surface area (Å²) < 4.78 is 0.831. The maximum atomic E-state index is 12.4. The van der Waals surface area contributed by atoms with Crippen molar-refractivity contribution in [2.75, 3.05) is 0 Å². The molecule has 6 nitrogen and oxygen atoms in total. The van der Waals surface area contributed by atoms with E-state index in [0.29, 0.717) is 12.1 Å². The molecule has 7 heteroatoms. The summed E-state index contributed by atoms with van der Waals surface area (Å²) in [5.41, 5.74) is 1.31. The zero-order chi connectivity index (χ0) is 18.9. The molecule has 26 heavy (non-hydrogen) atoms. The molecule has 2 aromatic carbocycles. The second kappa shape index (κ2) is 9.72. The van der Waals surface area contributed by atoms with Gasteiger partial charge in [-0.3, -0.25) is 14.4 Å². The van der Waals surface area contributed by atoms with Crippen molar-refractivity contribution in [2.24, 2.45) is 0 Å². The predicted molar refractivity (Wildman–Crippen MR) is 101 cm³/mol. The third-order valence-electron chi connectivity index (χ3n) is 3.68. The fraction of sp³-hybridized carbons (Fsp3) is 0.211. The average Bonchev–Trinajstić information content (AvgIpc) is 2.64. The van der Waals surface area contributed by atoms with Crippen LogP contribution in [0.15, 0.2) is 59.1 Å². The molecule has 0 aliphatic carbocycles. The van der Waals surface area contributed by atoms with E-state index in [1.807, 2.05) is 30.3 Å². The normalized spacial score (nSPS) is 11.4. The summed E-state index contributed by atoms with van der Waals surface area (Å²) in [7, 11) is 0. The fourth-order valence-electron chi connectivity index (χ4n) is 2.29. The van der Waals surface area contributed by atoms with Crippen LogP contribution in [0.3, 0.4) is 0 Å². The van der Waals surface area contributed by atoms with Crippen LogP contribution in [0.25, 0.3) is 0 Å². The first-order chi connectivity index (χ1) is 12.5. The van der Waals surface area contributed by atoms with E-state index < -0.39 is 23.8 Å². The topological polar surface area (TPSA) is 95.5 Å². The van der Waals surface area contributed by atoms with Gasteiger partial charge in [-0.2, -0.15) is 0 Å². The van der Waals surface area contributed by atoms with Gasteiger partial charge in [-0.15, -0.1) is 0 Å². The summed E-state index contributed by atoms with van der Waals surface area (Å²) >= 11 is 3.29. The third-order valence-corrected chi connectivity index (χ3v) is 4.21. The minimum Gasteiger partial charge on any atom is -0.481 e. The highest BCUT2D eigenvalue weighted by atomic mass is 79.9. The first kappa shape index (κ1) is 19.7. The number of carbonyl (C=O) groups is 3. The maximum Gasteiger partial charge on any atom is 0.303 e. The van der Waals surface area contributed by atoms with Gasteiger partial charge in [0.1, 0.15) is 6.04 Å². The summed E-state index contributed by atoms with van der Waals surface area (Å²) in [6, 6.07) is 15.1. The van der Waals surface area contributed by atoms with Crippen molar-refractivity contribution < 1.29 is 19.5 Å². The summed E-state index contributed by atoms with van der Waals surface area (Å²) in [5, 5.41) is 14.2. The standard InChI is InChI=1S/C19H19BrN2O4/c20-15-8-6-14(7-9-15)18(25)22-16(10-11-17(23)24)19(26)21-12-13-4-2-1-3-5-13/h1-9,16H,10-12H2,(H,21,26)(H,22,25)(H,23,24)/t16-/m0/s1. The molecule has 0 aliphatic heterocycles. The van der Waals surface area contributed by atoms with Crippen molar-refractivity contribution in [1.29, 1.82) is 0 Å². The molecule has 0 bridgehead atoms. The van der Waals surface area contributed by atoms with Crippen LogP contribution in [-0.2, 0) is 16.1 Å². The molecule has 0 spiro atoms. The number of amides is 2. The first-order valence-corrected chi connectivity index (χ1v) is 8.85. The zero-order valence-corrected chi connectivity index (χ0v) is 15.5. The molecular weight excluding hydrogens is 400 g/mol. The molecule has 136 valence electrons. The van der Waals surface area contributed by atoms with Gasteiger partial charge in [-0.1, -0.05) is 46.3 Å². The van der Waals surface area contributed by atoms with Crippen LogP contribution in [0.1, 0.15) is 28.8 Å². The Kier molecular flexibility index (Phi) is 7.35. The molecule has 0 saturated heterocycles. The Bertz CT molecular complexity index is 763. The smallest absolute Gasteiger partial charge is 0.303 e. The Morgan fingerprint density at radius 2 is 1.65 bits per heavy atom. The summed E-state index contributed by atoms with van der Waals surface area (Å²) in [4.78, 5) is 35.6. The number of carboxylic acids is 1. The molecule has 0 saturated carbocycles. The number of aliphatic carboxylic acids is 1. The molecule has 0 aliphatic rings. The Labute approximate surface area is 159 Å². The van der Waals surface area contributed by atoms with E-state index in [-0.39, 0.29) is 12.8 Å². The number of rotatable bonds is 8. The molecule has 0 fully saturated rings. The summed E-state index contributed by atoms with van der Waals surface area (Å²) in [6.45, 7) is 0.303. The largest absolute Gasteiger partial charge is 0.481 e. The van der Waals surface area contributed by atoms with Crippen molar-refractivity contribution >= 4 is 33.7 Å². The van der Waals surface area contributed by atoms with Crippen molar-refractivity contribution in [2.45, 2.75) is 25.4 Å². The second-order valence-electron chi connectivity index (χ2n) is 5.67. The van der Waals surface area contributed by atoms with E-state index in [9.17, 15) is 14.4 Å². The first-order valence-electron chi connectivity index (χ1n) is 8.05. The van der Waals surface area contributed by atoms with Crippen molar-refractivity contribution in [3.8, 4) is 0 Å². The average molecular weight is 419 g/mol. The molecule has 3 N–H and O–H groups in total. The van der Waals surface area contributed by atoms with E-state index in [4.69, 9.17) is 5.11 Å². The van der Waals surface area contributed by atoms with Crippen LogP contribution in [0, 0.1) is 0 Å². The van der Waals surface area contributed by atoms with Crippen LogP contribution in [-0.4, -0.2) is 28.9 Å². The van der Waals surface area contributed by atoms with Gasteiger partial charge in [0, 0.05) is 23.0 Å². The van der Waals surface area contributed by atoms with Gasteiger partial charge in [0.2, 0.25) is 5.91 Å². The van der Waals surface area contributed by atoms with Gasteiger partial charge in [0.05, 0.1) is 0 Å². The van der Waals surface area contributed by atoms with Gasteiger partial charge >= 0.3 is 5.97 Å². The van der Waals surface area contributed by atoms with Gasteiger partial charge < -0.3 is 15.7 Å². The molecule has 0 heterocycles. The van der Waals surface area contributed by atoms with Gasteiger partial charge in [0.15, 0.2) is 0 Å². The van der Waals surface area contributed by atoms with Gasteiger partial charge in [-0.25, -0.2) is 0 Å². The lowest BCUT2D eigenvalue weighted by atomic mass is 10.1. The van der Waals surface area contributed by atoms with Crippen molar-refractivity contribution in [1.82, 2.24) is 10.6 Å². The van der Waals surface area contributed by atoms with Crippen molar-refractivity contribution in [3.05, 3.63) is 70.2 Å². The molecular formula is C19H19BrN2O4. The van der Waals surface area contributed by atoms with E-state index in [2.05, 4.69) is 26.6 Å². The summed E-state index contributed by atoms with van der Waals surface area (Å²) in [5.74, 6) is -1.87. The highest BCUT2D eigenvalue weighted by Gasteiger charge is 2.22. The Hall–Kier alpha value is -2.67. The number of carboxylic acid groups (broad SMARTS) is 1. The molecule has 0 unspecified atom stereocenters. The lowest BCUT2D eigenvalue weighted by molar-refractivity contribution is -0.137. The third kappa shape index (κ3) is 6.33. The van der Waals surface area contributed by atoms with Crippen LogP contribution >= 0.6 is 15.9 Å². The number of hydrogen-bond donors (Lipinski definition) is 3. The molecule has 2 rings (SSSR count). The number of carbonyl (C=O) groups excluding carboxylic acids is 2. The molecule has 0 aromatic heterocycles. The zero-order valence-electron chi connectivity index (χ0n) is 13.9. The number of hydrogen-bond acceptors (Lipinski definition) is 3. The highest BCUT2D eigenvalue weighted by molar-refractivity contribution is 9.10. The Morgan fingerprint density at radius 3 is 2.27 bits per heavy atom. The Morgan fingerprint density at radius 1 is 1.00 bits per heavy atom. The van der Waals surface area contributed by atoms with Crippen LogP contribution in [0.4, 0.5) is 0 Å². The quantitative estimate of drug-likeness (QED) is 0.613. The number of halogens is 1. The SMILES string of the molecule is O=C(O)CC[C@H](NC(=O)c1ccc(Br)cc1)C(=O)NCc1ccccc1. The highest BCUT2D eigenvalue weighted by Crippen LogP contribution is 2.11. The van der Waals surface area contributed by atoms with E-state index in [0.717, 1.165) is 10.0 Å². The van der Waals surface area contributed by atoms with Gasteiger partial charge in [-0.05, 0) is 36.2 Å². The lowest BCUT2D eigenvalue weighted by Crippen LogP contribution is -2.46. The summed E-state index contributed by atoms with van der Waals surface area (Å²) in [6.07, 6.45) is -0.206. The van der Waals surface area contributed by atoms with Gasteiger partial charge in [0.25, 0.3) is 5.91 Å². The fourth-order valence-corrected chi connectivity index (χ4v) is 2.55. The van der Waals surface area contributed by atoms with E-state index in [1.54, 1.807) is 24.3 Å². The van der Waals surface area contributed by atoms with Crippen LogP contribution < -0.4 is 10.6 Å². The maximum absolute atomic E-state index is 12.4.